The highest BCUT2D eigenvalue weighted by molar-refractivity contribution is 5.43. The summed E-state index contributed by atoms with van der Waals surface area (Å²) in [6.45, 7) is 4.91. The first-order chi connectivity index (χ1) is 8.65. The molecule has 18 heavy (non-hydrogen) atoms. The molecule has 2 N–H and O–H groups in total. The van der Waals surface area contributed by atoms with Gasteiger partial charge in [0.1, 0.15) is 5.82 Å². The number of hydrogen-bond acceptors (Lipinski definition) is 3. The Bertz CT molecular complexity index is 560. The number of anilines is 1. The third-order valence-corrected chi connectivity index (χ3v) is 3.68. The van der Waals surface area contributed by atoms with Crippen LogP contribution in [0.2, 0.25) is 0 Å². The second kappa shape index (κ2) is 4.14. The summed E-state index contributed by atoms with van der Waals surface area (Å²) >= 11 is 0. The van der Waals surface area contributed by atoms with E-state index in [-0.39, 0.29) is 0 Å². The van der Waals surface area contributed by atoms with E-state index in [9.17, 15) is 0 Å². The van der Waals surface area contributed by atoms with Gasteiger partial charge < -0.3 is 5.73 Å². The van der Waals surface area contributed by atoms with Crippen LogP contribution >= 0.6 is 0 Å². The van der Waals surface area contributed by atoms with Crippen molar-refractivity contribution < 1.29 is 0 Å². The lowest BCUT2D eigenvalue weighted by Crippen LogP contribution is -2.17. The zero-order valence-corrected chi connectivity index (χ0v) is 10.8. The average molecular weight is 242 g/mol. The number of aromatic nitrogens is 2. The van der Waals surface area contributed by atoms with Crippen LogP contribution in [-0.2, 0) is 26.7 Å². The number of hydrogen-bond donors (Lipinski definition) is 1. The molecule has 0 bridgehead atoms. The van der Waals surface area contributed by atoms with Gasteiger partial charge in [0.25, 0.3) is 0 Å². The molecule has 0 amide bonds. The molecule has 0 spiro atoms. The topological polar surface area (TPSA) is 47.1 Å². The molecule has 94 valence electrons. The van der Waals surface area contributed by atoms with Crippen LogP contribution in [0.4, 0.5) is 5.82 Å². The Hall–Kier alpha value is -1.81. The maximum Gasteiger partial charge on any atom is 0.126 e. The van der Waals surface area contributed by atoms with Gasteiger partial charge in [0.2, 0.25) is 0 Å². The van der Waals surface area contributed by atoms with Crippen molar-refractivity contribution in [3.05, 3.63) is 46.6 Å². The molecule has 0 saturated carbocycles. The van der Waals surface area contributed by atoms with Crippen molar-refractivity contribution in [2.75, 3.05) is 5.73 Å². The number of nitrogens with zero attached hydrogens (tertiary/aromatic N) is 3. The fourth-order valence-electron chi connectivity index (χ4n) is 2.65. The number of aryl methyl sites for hydroxylation is 2. The summed E-state index contributed by atoms with van der Waals surface area (Å²) in [4.78, 5) is 2.41. The predicted octanol–water partition coefficient (Wildman–Crippen LogP) is 1.83. The van der Waals surface area contributed by atoms with Crippen molar-refractivity contribution in [2.24, 2.45) is 7.05 Å². The summed E-state index contributed by atoms with van der Waals surface area (Å²) in [5, 5.41) is 4.37. The Morgan fingerprint density at radius 2 is 1.83 bits per heavy atom. The SMILES string of the molecule is Cc1nn(C)c(N)c1CN1Cc2ccccc2C1. The fourth-order valence-corrected chi connectivity index (χ4v) is 2.65. The quantitative estimate of drug-likeness (QED) is 0.874. The van der Waals surface area contributed by atoms with Crippen LogP contribution in [0.25, 0.3) is 0 Å². The standard InChI is InChI=1S/C14H18N4/c1-10-13(14(15)17(2)16-10)9-18-7-11-5-3-4-6-12(11)8-18/h3-6H,7-9,15H2,1-2H3. The van der Waals surface area contributed by atoms with Crippen LogP contribution < -0.4 is 5.73 Å². The van der Waals surface area contributed by atoms with Gasteiger partial charge in [-0.25, -0.2) is 0 Å². The number of nitrogen functional groups attached to an aromatic ring is 1. The largest absolute Gasteiger partial charge is 0.384 e. The van der Waals surface area contributed by atoms with Crippen LogP contribution in [0.1, 0.15) is 22.4 Å². The molecule has 2 heterocycles. The smallest absolute Gasteiger partial charge is 0.126 e. The molecule has 0 aliphatic carbocycles. The molecule has 4 nitrogen and oxygen atoms in total. The number of nitrogens with two attached hydrogens (primary N) is 1. The lowest BCUT2D eigenvalue weighted by atomic mass is 10.1. The fraction of sp³-hybridized carbons (Fsp3) is 0.357. The zero-order chi connectivity index (χ0) is 12.7. The van der Waals surface area contributed by atoms with E-state index in [0.717, 1.165) is 36.7 Å². The van der Waals surface area contributed by atoms with E-state index in [0.29, 0.717) is 0 Å². The molecule has 0 fully saturated rings. The van der Waals surface area contributed by atoms with Gasteiger partial charge >= 0.3 is 0 Å². The van der Waals surface area contributed by atoms with Gasteiger partial charge in [0.05, 0.1) is 5.69 Å². The maximum atomic E-state index is 6.06. The Labute approximate surface area is 107 Å². The first-order valence-electron chi connectivity index (χ1n) is 6.22. The Morgan fingerprint density at radius 3 is 2.33 bits per heavy atom. The van der Waals surface area contributed by atoms with Gasteiger partial charge in [-0.3, -0.25) is 9.58 Å². The lowest BCUT2D eigenvalue weighted by molar-refractivity contribution is 0.275. The minimum atomic E-state index is 0.781. The molecule has 2 aromatic rings. The van der Waals surface area contributed by atoms with Gasteiger partial charge in [-0.2, -0.15) is 5.10 Å². The predicted molar refractivity (Wildman–Crippen MR) is 71.8 cm³/mol. The van der Waals surface area contributed by atoms with Crippen molar-refractivity contribution in [3.63, 3.8) is 0 Å². The molecular formula is C14H18N4. The van der Waals surface area contributed by atoms with Gasteiger partial charge in [-0.1, -0.05) is 24.3 Å². The molecule has 0 unspecified atom stereocenters. The average Bonchev–Trinajstić information content (AvgIpc) is 2.86. The molecule has 1 aromatic heterocycles. The van der Waals surface area contributed by atoms with Gasteiger partial charge in [0.15, 0.2) is 0 Å². The summed E-state index contributed by atoms with van der Waals surface area (Å²) in [6, 6.07) is 8.61. The van der Waals surface area contributed by atoms with Crippen molar-refractivity contribution in [1.29, 1.82) is 0 Å². The summed E-state index contributed by atoms with van der Waals surface area (Å²) in [5.74, 6) is 0.781. The van der Waals surface area contributed by atoms with E-state index in [1.54, 1.807) is 4.68 Å². The van der Waals surface area contributed by atoms with Gasteiger partial charge in [-0.05, 0) is 18.1 Å². The molecule has 0 saturated heterocycles. The summed E-state index contributed by atoms with van der Waals surface area (Å²) in [7, 11) is 1.89. The summed E-state index contributed by atoms with van der Waals surface area (Å²) in [5.41, 5.74) is 11.1. The highest BCUT2D eigenvalue weighted by Crippen LogP contribution is 2.26. The molecular weight excluding hydrogens is 224 g/mol. The van der Waals surface area contributed by atoms with Crippen molar-refractivity contribution >= 4 is 5.82 Å². The van der Waals surface area contributed by atoms with Crippen LogP contribution in [-0.4, -0.2) is 14.7 Å². The Balaban J connectivity index is 1.80. The van der Waals surface area contributed by atoms with E-state index < -0.39 is 0 Å². The normalized spacial score (nSPS) is 15.0. The third kappa shape index (κ3) is 1.78. The third-order valence-electron chi connectivity index (χ3n) is 3.68. The lowest BCUT2D eigenvalue weighted by Gasteiger charge is -2.14. The van der Waals surface area contributed by atoms with Crippen LogP contribution in [0.5, 0.6) is 0 Å². The molecule has 4 heteroatoms. The molecule has 1 aliphatic heterocycles. The van der Waals surface area contributed by atoms with Crippen molar-refractivity contribution in [3.8, 4) is 0 Å². The first kappa shape index (κ1) is 11.3. The highest BCUT2D eigenvalue weighted by atomic mass is 15.3. The van der Waals surface area contributed by atoms with Crippen LogP contribution in [0.3, 0.4) is 0 Å². The molecule has 0 radical (unpaired) electrons. The zero-order valence-electron chi connectivity index (χ0n) is 10.8. The van der Waals surface area contributed by atoms with Gasteiger partial charge in [-0.15, -0.1) is 0 Å². The summed E-state index contributed by atoms with van der Waals surface area (Å²) < 4.78 is 1.76. The highest BCUT2D eigenvalue weighted by Gasteiger charge is 2.21. The van der Waals surface area contributed by atoms with Crippen molar-refractivity contribution in [2.45, 2.75) is 26.6 Å². The van der Waals surface area contributed by atoms with E-state index >= 15 is 0 Å². The number of rotatable bonds is 2. The van der Waals surface area contributed by atoms with E-state index in [1.165, 1.54) is 11.1 Å². The van der Waals surface area contributed by atoms with Crippen molar-refractivity contribution in [1.82, 2.24) is 14.7 Å². The van der Waals surface area contributed by atoms with Gasteiger partial charge in [0, 0.05) is 32.2 Å². The van der Waals surface area contributed by atoms with E-state index in [4.69, 9.17) is 5.73 Å². The summed E-state index contributed by atoms with van der Waals surface area (Å²) in [6.07, 6.45) is 0. The number of fused-ring (bicyclic) bond motifs is 1. The van der Waals surface area contributed by atoms with Crippen LogP contribution in [0, 0.1) is 6.92 Å². The van der Waals surface area contributed by atoms with Crippen LogP contribution in [0.15, 0.2) is 24.3 Å². The second-order valence-electron chi connectivity index (χ2n) is 4.99. The molecule has 0 atom stereocenters. The van der Waals surface area contributed by atoms with E-state index in [2.05, 4.69) is 34.3 Å². The van der Waals surface area contributed by atoms with E-state index in [1.807, 2.05) is 14.0 Å². The Morgan fingerprint density at radius 1 is 1.22 bits per heavy atom. The Kier molecular flexibility index (Phi) is 2.59. The maximum absolute atomic E-state index is 6.06. The second-order valence-corrected chi connectivity index (χ2v) is 4.99. The minimum absolute atomic E-state index is 0.781. The number of benzene rings is 1. The minimum Gasteiger partial charge on any atom is -0.384 e. The molecule has 1 aromatic carbocycles. The molecule has 3 rings (SSSR count). The first-order valence-corrected chi connectivity index (χ1v) is 6.22. The monoisotopic (exact) mass is 242 g/mol. The molecule has 1 aliphatic rings.